The number of para-hydroxylation sites is 1. The largest absolute Gasteiger partial charge is 0.292 e. The van der Waals surface area contributed by atoms with Crippen molar-refractivity contribution in [2.24, 2.45) is 0 Å². The van der Waals surface area contributed by atoms with Gasteiger partial charge in [0.1, 0.15) is 5.82 Å². The Morgan fingerprint density at radius 2 is 1.53 bits per heavy atom. The molecule has 4 heteroatoms. The van der Waals surface area contributed by atoms with Crippen molar-refractivity contribution in [1.82, 2.24) is 14.5 Å². The van der Waals surface area contributed by atoms with Gasteiger partial charge in [0.2, 0.25) is 0 Å². The molecular formula is C26H16BrN3. The van der Waals surface area contributed by atoms with E-state index < -0.39 is 0 Å². The van der Waals surface area contributed by atoms with Crippen molar-refractivity contribution in [3.63, 3.8) is 0 Å². The van der Waals surface area contributed by atoms with Crippen molar-refractivity contribution in [2.45, 2.75) is 0 Å². The molecule has 0 bridgehead atoms. The van der Waals surface area contributed by atoms with Gasteiger partial charge < -0.3 is 0 Å². The monoisotopic (exact) mass is 449 g/mol. The lowest BCUT2D eigenvalue weighted by atomic mass is 10.0. The molecule has 0 unspecified atom stereocenters. The molecule has 0 saturated carbocycles. The SMILES string of the molecule is Brc1ccc2c(c1)c1c3ccccc3nc(-c3ccccc3)c1n2-c1ccccn1. The fraction of sp³-hybridized carbons (Fsp3) is 0. The van der Waals surface area contributed by atoms with Crippen LogP contribution in [0.3, 0.4) is 0 Å². The van der Waals surface area contributed by atoms with E-state index in [0.717, 1.165) is 43.5 Å². The van der Waals surface area contributed by atoms with Crippen LogP contribution >= 0.6 is 15.9 Å². The number of rotatable bonds is 2. The summed E-state index contributed by atoms with van der Waals surface area (Å²) in [5.41, 5.74) is 5.23. The molecule has 0 aliphatic rings. The van der Waals surface area contributed by atoms with Gasteiger partial charge in [0.15, 0.2) is 0 Å². The Kier molecular flexibility index (Phi) is 3.93. The number of halogens is 1. The summed E-state index contributed by atoms with van der Waals surface area (Å²) >= 11 is 3.67. The first-order chi connectivity index (χ1) is 14.8. The Bertz CT molecular complexity index is 1540. The van der Waals surface area contributed by atoms with Crippen LogP contribution in [-0.4, -0.2) is 14.5 Å². The molecule has 3 aromatic heterocycles. The number of hydrogen-bond acceptors (Lipinski definition) is 2. The van der Waals surface area contributed by atoms with Crippen molar-refractivity contribution >= 4 is 48.6 Å². The lowest BCUT2D eigenvalue weighted by molar-refractivity contribution is 1.08. The second-order valence-corrected chi connectivity index (χ2v) is 8.17. The van der Waals surface area contributed by atoms with Crippen LogP contribution < -0.4 is 0 Å². The lowest BCUT2D eigenvalue weighted by Gasteiger charge is -2.11. The topological polar surface area (TPSA) is 30.7 Å². The highest BCUT2D eigenvalue weighted by Crippen LogP contribution is 2.41. The van der Waals surface area contributed by atoms with Gasteiger partial charge in [-0.05, 0) is 36.4 Å². The summed E-state index contributed by atoms with van der Waals surface area (Å²) in [5.74, 6) is 0.883. The highest BCUT2D eigenvalue weighted by atomic mass is 79.9. The van der Waals surface area contributed by atoms with Crippen molar-refractivity contribution in [3.05, 3.63) is 102 Å². The first-order valence-corrected chi connectivity index (χ1v) is 10.6. The van der Waals surface area contributed by atoms with E-state index in [4.69, 9.17) is 4.98 Å². The Balaban J connectivity index is 1.93. The fourth-order valence-corrected chi connectivity index (χ4v) is 4.60. The van der Waals surface area contributed by atoms with Crippen LogP contribution in [0, 0.1) is 0 Å². The zero-order valence-corrected chi connectivity index (χ0v) is 17.5. The molecule has 142 valence electrons. The molecule has 0 fully saturated rings. The summed E-state index contributed by atoms with van der Waals surface area (Å²) < 4.78 is 3.29. The van der Waals surface area contributed by atoms with E-state index in [2.05, 4.69) is 86.1 Å². The number of pyridine rings is 2. The van der Waals surface area contributed by atoms with Crippen LogP contribution in [0.5, 0.6) is 0 Å². The zero-order chi connectivity index (χ0) is 20.1. The van der Waals surface area contributed by atoms with Crippen LogP contribution in [-0.2, 0) is 0 Å². The smallest absolute Gasteiger partial charge is 0.137 e. The maximum absolute atomic E-state index is 5.12. The molecule has 0 atom stereocenters. The van der Waals surface area contributed by atoms with Gasteiger partial charge >= 0.3 is 0 Å². The Morgan fingerprint density at radius 3 is 2.37 bits per heavy atom. The van der Waals surface area contributed by atoms with E-state index in [1.807, 2.05) is 36.5 Å². The highest BCUT2D eigenvalue weighted by Gasteiger charge is 2.20. The van der Waals surface area contributed by atoms with Gasteiger partial charge in [0.05, 0.1) is 22.2 Å². The van der Waals surface area contributed by atoms with E-state index in [0.29, 0.717) is 0 Å². The van der Waals surface area contributed by atoms with Crippen molar-refractivity contribution < 1.29 is 0 Å². The summed E-state index contributed by atoms with van der Waals surface area (Å²) in [7, 11) is 0. The van der Waals surface area contributed by atoms with Gasteiger partial charge in [-0.1, -0.05) is 70.5 Å². The molecule has 0 N–H and O–H groups in total. The summed E-state index contributed by atoms with van der Waals surface area (Å²) in [6.07, 6.45) is 1.84. The second kappa shape index (κ2) is 6.78. The van der Waals surface area contributed by atoms with Crippen LogP contribution in [0.1, 0.15) is 0 Å². The first-order valence-electron chi connectivity index (χ1n) is 9.80. The Labute approximate surface area is 181 Å². The van der Waals surface area contributed by atoms with E-state index >= 15 is 0 Å². The minimum Gasteiger partial charge on any atom is -0.292 e. The fourth-order valence-electron chi connectivity index (χ4n) is 4.24. The van der Waals surface area contributed by atoms with Crippen LogP contribution in [0.25, 0.3) is 49.8 Å². The molecule has 0 aliphatic carbocycles. The van der Waals surface area contributed by atoms with Crippen molar-refractivity contribution in [3.8, 4) is 17.1 Å². The average Bonchev–Trinajstić information content (AvgIpc) is 3.14. The van der Waals surface area contributed by atoms with E-state index in [9.17, 15) is 0 Å². The molecule has 0 radical (unpaired) electrons. The minimum atomic E-state index is 0.883. The van der Waals surface area contributed by atoms with Gasteiger partial charge in [-0.15, -0.1) is 0 Å². The first kappa shape index (κ1) is 17.4. The van der Waals surface area contributed by atoms with Crippen molar-refractivity contribution in [1.29, 1.82) is 0 Å². The zero-order valence-electron chi connectivity index (χ0n) is 16.0. The molecule has 30 heavy (non-hydrogen) atoms. The molecule has 6 aromatic rings. The molecule has 3 aromatic carbocycles. The quantitative estimate of drug-likeness (QED) is 0.280. The molecular weight excluding hydrogens is 434 g/mol. The number of aromatic nitrogens is 3. The minimum absolute atomic E-state index is 0.883. The van der Waals surface area contributed by atoms with E-state index in [-0.39, 0.29) is 0 Å². The maximum atomic E-state index is 5.12. The Hall–Kier alpha value is -3.50. The third-order valence-electron chi connectivity index (χ3n) is 5.48. The average molecular weight is 450 g/mol. The predicted octanol–water partition coefficient (Wildman–Crippen LogP) is 7.16. The number of benzene rings is 3. The molecule has 0 aliphatic heterocycles. The van der Waals surface area contributed by atoms with Crippen LogP contribution in [0.4, 0.5) is 0 Å². The summed E-state index contributed by atoms with van der Waals surface area (Å²) in [4.78, 5) is 9.80. The van der Waals surface area contributed by atoms with Crippen molar-refractivity contribution in [2.75, 3.05) is 0 Å². The molecule has 6 rings (SSSR count). The van der Waals surface area contributed by atoms with Crippen LogP contribution in [0.2, 0.25) is 0 Å². The summed E-state index contributed by atoms with van der Waals surface area (Å²) in [5, 5.41) is 3.52. The number of fused-ring (bicyclic) bond motifs is 5. The third-order valence-corrected chi connectivity index (χ3v) is 5.98. The van der Waals surface area contributed by atoms with Crippen LogP contribution in [0.15, 0.2) is 102 Å². The van der Waals surface area contributed by atoms with E-state index in [1.165, 1.54) is 10.8 Å². The Morgan fingerprint density at radius 1 is 0.733 bits per heavy atom. The van der Waals surface area contributed by atoms with Gasteiger partial charge in [-0.3, -0.25) is 4.57 Å². The predicted molar refractivity (Wildman–Crippen MR) is 127 cm³/mol. The number of hydrogen-bond donors (Lipinski definition) is 0. The molecule has 0 amide bonds. The molecule has 3 nitrogen and oxygen atoms in total. The maximum Gasteiger partial charge on any atom is 0.137 e. The summed E-state index contributed by atoms with van der Waals surface area (Å²) in [6.45, 7) is 0. The molecule has 0 spiro atoms. The summed E-state index contributed by atoms with van der Waals surface area (Å²) in [6, 6.07) is 31.2. The standard InChI is InChI=1S/C26H16BrN3/c27-18-13-14-22-20(16-18)24-19-10-4-5-11-21(19)29-25(17-8-2-1-3-9-17)26(24)30(22)23-12-6-7-15-28-23/h1-16H. The normalized spacial score (nSPS) is 11.5. The second-order valence-electron chi connectivity index (χ2n) is 7.25. The number of nitrogens with zero attached hydrogens (tertiary/aromatic N) is 3. The van der Waals surface area contributed by atoms with E-state index in [1.54, 1.807) is 0 Å². The van der Waals surface area contributed by atoms with Gasteiger partial charge in [-0.25, -0.2) is 9.97 Å². The third kappa shape index (κ3) is 2.57. The lowest BCUT2D eigenvalue weighted by Crippen LogP contribution is -1.99. The molecule has 0 saturated heterocycles. The highest BCUT2D eigenvalue weighted by molar-refractivity contribution is 9.10. The molecule has 3 heterocycles. The van der Waals surface area contributed by atoms with Gasteiger partial charge in [0, 0.05) is 32.4 Å². The van der Waals surface area contributed by atoms with Gasteiger partial charge in [0.25, 0.3) is 0 Å². The van der Waals surface area contributed by atoms with Gasteiger partial charge in [-0.2, -0.15) is 0 Å².